The van der Waals surface area contributed by atoms with E-state index in [2.05, 4.69) is 10.2 Å². The van der Waals surface area contributed by atoms with Crippen molar-refractivity contribution in [3.63, 3.8) is 0 Å². The Morgan fingerprint density at radius 2 is 2.00 bits per heavy atom. The Kier molecular flexibility index (Phi) is 4.30. The van der Waals surface area contributed by atoms with E-state index in [0.29, 0.717) is 0 Å². The number of ketones is 1. The molecule has 0 bridgehead atoms. The Bertz CT molecular complexity index is 588. The van der Waals surface area contributed by atoms with Crippen molar-refractivity contribution in [3.8, 4) is 5.75 Å². The summed E-state index contributed by atoms with van der Waals surface area (Å²) in [5.74, 6) is -1.18. The SMILES string of the molecule is CC(=O)/C(N=Nc1cc([N+](=O)[O-])ccc1O)=C(\C)O. The fraction of sp³-hybridized carbons (Fsp3) is 0.182. The Hall–Kier alpha value is -2.77. The number of hydrogen-bond donors (Lipinski definition) is 2. The number of Topliss-reactive ketones (excluding diaryl/α,β-unsaturated/α-hetero) is 1. The Morgan fingerprint density at radius 1 is 1.37 bits per heavy atom. The first-order valence-electron chi connectivity index (χ1n) is 5.13. The standard InChI is InChI=1S/C11H11N3O5/c1-6(15)11(7(2)16)13-12-9-5-8(14(18)19)3-4-10(9)17/h3-5,15,17H,1-2H3/b11-6-,13-12?. The Balaban J connectivity index is 3.18. The first kappa shape index (κ1) is 14.3. The maximum Gasteiger partial charge on any atom is 0.271 e. The van der Waals surface area contributed by atoms with E-state index in [0.717, 1.165) is 18.2 Å². The van der Waals surface area contributed by atoms with Crippen LogP contribution in [0.3, 0.4) is 0 Å². The van der Waals surface area contributed by atoms with E-state index in [1.807, 2.05) is 0 Å². The van der Waals surface area contributed by atoms with Crippen molar-refractivity contribution in [2.45, 2.75) is 13.8 Å². The summed E-state index contributed by atoms with van der Waals surface area (Å²) in [5, 5.41) is 36.2. The van der Waals surface area contributed by atoms with Crippen LogP contribution in [0.25, 0.3) is 0 Å². The molecule has 19 heavy (non-hydrogen) atoms. The summed E-state index contributed by atoms with van der Waals surface area (Å²) in [6.07, 6.45) is 0. The minimum Gasteiger partial charge on any atom is -0.510 e. The molecule has 0 atom stereocenters. The van der Waals surface area contributed by atoms with Crippen molar-refractivity contribution in [1.29, 1.82) is 0 Å². The number of non-ortho nitro benzene ring substituents is 1. The van der Waals surface area contributed by atoms with Gasteiger partial charge in [-0.15, -0.1) is 10.2 Å². The smallest absolute Gasteiger partial charge is 0.271 e. The summed E-state index contributed by atoms with van der Waals surface area (Å²) in [6, 6.07) is 3.20. The second kappa shape index (κ2) is 5.71. The van der Waals surface area contributed by atoms with Crippen LogP contribution in [0.15, 0.2) is 39.9 Å². The second-order valence-electron chi connectivity index (χ2n) is 3.62. The Labute approximate surface area is 107 Å². The molecule has 0 heterocycles. The summed E-state index contributed by atoms with van der Waals surface area (Å²) in [6.45, 7) is 2.43. The minimum atomic E-state index is -0.655. The number of carbonyl (C=O) groups excluding carboxylic acids is 1. The lowest BCUT2D eigenvalue weighted by Crippen LogP contribution is -1.96. The lowest BCUT2D eigenvalue weighted by Gasteiger charge is -1.99. The van der Waals surface area contributed by atoms with Gasteiger partial charge in [0.1, 0.15) is 17.2 Å². The number of rotatable bonds is 4. The molecule has 8 nitrogen and oxygen atoms in total. The van der Waals surface area contributed by atoms with Gasteiger partial charge in [0.25, 0.3) is 5.69 Å². The number of nitro groups is 1. The van der Waals surface area contributed by atoms with Crippen molar-refractivity contribution in [2.24, 2.45) is 10.2 Å². The lowest BCUT2D eigenvalue weighted by atomic mass is 10.2. The van der Waals surface area contributed by atoms with Crippen molar-refractivity contribution in [1.82, 2.24) is 0 Å². The van der Waals surface area contributed by atoms with E-state index in [-0.39, 0.29) is 28.6 Å². The lowest BCUT2D eigenvalue weighted by molar-refractivity contribution is -0.384. The van der Waals surface area contributed by atoms with E-state index in [4.69, 9.17) is 0 Å². The van der Waals surface area contributed by atoms with E-state index in [9.17, 15) is 25.1 Å². The maximum absolute atomic E-state index is 11.1. The number of azo groups is 1. The van der Waals surface area contributed by atoms with Gasteiger partial charge in [-0.3, -0.25) is 14.9 Å². The monoisotopic (exact) mass is 265 g/mol. The van der Waals surface area contributed by atoms with Crippen molar-refractivity contribution >= 4 is 17.2 Å². The molecule has 8 heteroatoms. The number of nitrogens with zero attached hydrogens (tertiary/aromatic N) is 3. The second-order valence-corrected chi connectivity index (χ2v) is 3.62. The van der Waals surface area contributed by atoms with Gasteiger partial charge in [-0.1, -0.05) is 0 Å². The third-order valence-electron chi connectivity index (χ3n) is 2.10. The molecule has 1 rings (SSSR count). The number of carbonyl (C=O) groups is 1. The summed E-state index contributed by atoms with van der Waals surface area (Å²) >= 11 is 0. The molecule has 0 unspecified atom stereocenters. The van der Waals surface area contributed by atoms with Crippen LogP contribution >= 0.6 is 0 Å². The zero-order valence-corrected chi connectivity index (χ0v) is 10.2. The highest BCUT2D eigenvalue weighted by Gasteiger charge is 2.11. The van der Waals surface area contributed by atoms with Crippen LogP contribution < -0.4 is 0 Å². The fourth-order valence-electron chi connectivity index (χ4n) is 1.21. The predicted octanol–water partition coefficient (Wildman–Crippen LogP) is 2.76. The van der Waals surface area contributed by atoms with Gasteiger partial charge in [-0.05, 0) is 13.0 Å². The molecule has 0 aliphatic carbocycles. The summed E-state index contributed by atoms with van der Waals surface area (Å²) in [4.78, 5) is 21.0. The third kappa shape index (κ3) is 3.60. The van der Waals surface area contributed by atoms with E-state index >= 15 is 0 Å². The van der Waals surface area contributed by atoms with Crippen LogP contribution in [0.5, 0.6) is 5.75 Å². The number of benzene rings is 1. The third-order valence-corrected chi connectivity index (χ3v) is 2.10. The molecule has 0 amide bonds. The molecule has 0 aliphatic rings. The number of nitro benzene ring substituents is 1. The number of aromatic hydroxyl groups is 1. The summed E-state index contributed by atoms with van der Waals surface area (Å²) in [5.41, 5.74) is -0.735. The molecule has 0 saturated carbocycles. The van der Waals surface area contributed by atoms with E-state index < -0.39 is 10.7 Å². The number of allylic oxidation sites excluding steroid dienone is 2. The molecular weight excluding hydrogens is 254 g/mol. The average molecular weight is 265 g/mol. The highest BCUT2D eigenvalue weighted by Crippen LogP contribution is 2.31. The molecule has 1 aromatic rings. The number of hydrogen-bond acceptors (Lipinski definition) is 7. The van der Waals surface area contributed by atoms with Gasteiger partial charge in [0.2, 0.25) is 0 Å². The van der Waals surface area contributed by atoms with E-state index in [1.165, 1.54) is 13.8 Å². The molecular formula is C11H11N3O5. The van der Waals surface area contributed by atoms with Gasteiger partial charge in [0, 0.05) is 19.1 Å². The van der Waals surface area contributed by atoms with Crippen LogP contribution in [0.1, 0.15) is 13.8 Å². The van der Waals surface area contributed by atoms with E-state index in [1.54, 1.807) is 0 Å². The van der Waals surface area contributed by atoms with Gasteiger partial charge in [-0.25, -0.2) is 0 Å². The largest absolute Gasteiger partial charge is 0.510 e. The van der Waals surface area contributed by atoms with Crippen LogP contribution in [0.4, 0.5) is 11.4 Å². The van der Waals surface area contributed by atoms with Crippen LogP contribution in [-0.4, -0.2) is 20.9 Å². The number of phenols is 1. The quantitative estimate of drug-likeness (QED) is 0.284. The molecule has 0 aliphatic heterocycles. The highest BCUT2D eigenvalue weighted by molar-refractivity contribution is 5.93. The molecule has 0 fully saturated rings. The van der Waals surface area contributed by atoms with Crippen molar-refractivity contribution in [2.75, 3.05) is 0 Å². The molecule has 0 radical (unpaired) electrons. The molecule has 100 valence electrons. The molecule has 0 aromatic heterocycles. The van der Waals surface area contributed by atoms with Gasteiger partial charge >= 0.3 is 0 Å². The normalized spacial score (nSPS) is 12.3. The minimum absolute atomic E-state index is 0.172. The molecule has 1 aromatic carbocycles. The zero-order chi connectivity index (χ0) is 14.6. The van der Waals surface area contributed by atoms with Crippen molar-refractivity contribution < 1.29 is 19.9 Å². The first-order chi connectivity index (χ1) is 8.82. The van der Waals surface area contributed by atoms with Crippen molar-refractivity contribution in [3.05, 3.63) is 39.8 Å². The Morgan fingerprint density at radius 3 is 2.47 bits per heavy atom. The highest BCUT2D eigenvalue weighted by atomic mass is 16.6. The van der Waals surface area contributed by atoms with Crippen LogP contribution in [0, 0.1) is 10.1 Å². The molecule has 2 N–H and O–H groups in total. The summed E-state index contributed by atoms with van der Waals surface area (Å²) in [7, 11) is 0. The maximum atomic E-state index is 11.1. The van der Waals surface area contributed by atoms with Gasteiger partial charge < -0.3 is 10.2 Å². The topological polar surface area (TPSA) is 125 Å². The number of phenolic OH excluding ortho intramolecular Hbond substituents is 1. The number of aliphatic hydroxyl groups excluding tert-OH is 1. The van der Waals surface area contributed by atoms with Gasteiger partial charge in [0.05, 0.1) is 4.92 Å². The number of aliphatic hydroxyl groups is 1. The first-order valence-corrected chi connectivity index (χ1v) is 5.13. The van der Waals surface area contributed by atoms with Gasteiger partial charge in [-0.2, -0.15) is 0 Å². The van der Waals surface area contributed by atoms with Crippen LogP contribution in [-0.2, 0) is 4.79 Å². The van der Waals surface area contributed by atoms with Gasteiger partial charge in [0.15, 0.2) is 11.5 Å². The summed E-state index contributed by atoms with van der Waals surface area (Å²) < 4.78 is 0. The predicted molar refractivity (Wildman–Crippen MR) is 65.3 cm³/mol. The fourth-order valence-corrected chi connectivity index (χ4v) is 1.21. The van der Waals surface area contributed by atoms with Crippen LogP contribution in [0.2, 0.25) is 0 Å². The average Bonchev–Trinajstić information content (AvgIpc) is 2.30. The molecule has 0 spiro atoms. The zero-order valence-electron chi connectivity index (χ0n) is 10.2. The molecule has 0 saturated heterocycles.